The first-order valence-electron chi connectivity index (χ1n) is 21.1. The lowest BCUT2D eigenvalue weighted by Gasteiger charge is -2.56. The number of sulfonamides is 1. The van der Waals surface area contributed by atoms with Crippen LogP contribution in [0.15, 0.2) is 35.9 Å². The monoisotopic (exact) mass is 825 g/mol. The molecule has 3 fully saturated rings. The number of methoxy groups -OCH3 is 1. The Hall–Kier alpha value is -2.81. The predicted octanol–water partition coefficient (Wildman–Crippen LogP) is 5.60. The standard InChI is InChI=1S/C43H57ClFN5O6S/c1-27-28(2)57(52,53)47-41(51)37-10-11-38-40(46-37)50(24-42(26-56-38)14-4-5-33-35(42)8-9-36(44)39(33)45)23-29-6-7-34(29)43(54-3,31-21-30(27)22-31)25-48-15-12-32(13-16-48)49-17-19-55-20-18-49/h8-11,21,27-30,32,34H,4-7,12-20,22-26H2,1-3H3,(H,47,51)/t27-,28-,29+,30+,34-,42+,43+/m1/s1. The largest absolute Gasteiger partial charge is 0.489 e. The van der Waals surface area contributed by atoms with Crippen LogP contribution in [0, 0.1) is 29.5 Å². The second-order valence-corrected chi connectivity index (χ2v) is 20.4. The van der Waals surface area contributed by atoms with Crippen LogP contribution in [0.25, 0.3) is 0 Å². The molecule has 11 nitrogen and oxygen atoms in total. The molecule has 1 aromatic heterocycles. The smallest absolute Gasteiger partial charge is 0.283 e. The highest BCUT2D eigenvalue weighted by molar-refractivity contribution is 7.90. The Morgan fingerprint density at radius 1 is 1.07 bits per heavy atom. The van der Waals surface area contributed by atoms with E-state index in [-0.39, 0.29) is 40.2 Å². The normalized spacial score (nSPS) is 34.8. The number of nitrogens with one attached hydrogen (secondary N) is 1. The van der Waals surface area contributed by atoms with Crippen LogP contribution in [-0.2, 0) is 31.3 Å². The molecule has 5 aliphatic heterocycles. The van der Waals surface area contributed by atoms with Crippen LogP contribution >= 0.6 is 11.6 Å². The molecule has 0 radical (unpaired) electrons. The third kappa shape index (κ3) is 6.99. The first-order chi connectivity index (χ1) is 27.4. The zero-order chi connectivity index (χ0) is 39.7. The van der Waals surface area contributed by atoms with Gasteiger partial charge in [-0.15, -0.1) is 0 Å². The van der Waals surface area contributed by atoms with Gasteiger partial charge in [-0.1, -0.05) is 30.7 Å². The number of morpholine rings is 1. The maximum Gasteiger partial charge on any atom is 0.283 e. The average molecular weight is 826 g/mol. The Morgan fingerprint density at radius 2 is 1.84 bits per heavy atom. The number of fused-ring (bicyclic) bond motifs is 6. The van der Waals surface area contributed by atoms with Crippen molar-refractivity contribution >= 4 is 33.3 Å². The molecule has 4 bridgehead atoms. The van der Waals surface area contributed by atoms with E-state index in [0.29, 0.717) is 49.3 Å². The molecular weight excluding hydrogens is 769 g/mol. The van der Waals surface area contributed by atoms with Crippen molar-refractivity contribution < 1.29 is 31.8 Å². The lowest BCUT2D eigenvalue weighted by molar-refractivity contribution is -0.109. The fourth-order valence-electron chi connectivity index (χ4n) is 11.4. The van der Waals surface area contributed by atoms with Crippen molar-refractivity contribution in [2.45, 2.75) is 87.5 Å². The molecule has 2 aromatic rings. The predicted molar refractivity (Wildman–Crippen MR) is 217 cm³/mol. The third-order valence-corrected chi connectivity index (χ3v) is 17.4. The van der Waals surface area contributed by atoms with Gasteiger partial charge in [-0.05, 0) is 130 Å². The van der Waals surface area contributed by atoms with Gasteiger partial charge in [0.15, 0.2) is 11.6 Å². The summed E-state index contributed by atoms with van der Waals surface area (Å²) < 4.78 is 64.7. The second kappa shape index (κ2) is 15.3. The number of carbonyl (C=O) groups is 1. The van der Waals surface area contributed by atoms with Gasteiger partial charge in [0, 0.05) is 51.3 Å². The molecular formula is C43H57ClFN5O6S. The second-order valence-electron chi connectivity index (χ2n) is 18.0. The minimum absolute atomic E-state index is 0.0124. The van der Waals surface area contributed by atoms with Crippen LogP contribution < -0.4 is 14.4 Å². The van der Waals surface area contributed by atoms with Crippen LogP contribution in [0.4, 0.5) is 10.2 Å². The number of nitrogens with zero attached hydrogens (tertiary/aromatic N) is 4. The average Bonchev–Trinajstić information content (AvgIpc) is 3.33. The molecule has 1 amide bonds. The van der Waals surface area contributed by atoms with Crippen molar-refractivity contribution in [1.29, 1.82) is 0 Å². The number of hydrogen-bond acceptors (Lipinski definition) is 10. The minimum Gasteiger partial charge on any atom is -0.489 e. The zero-order valence-corrected chi connectivity index (χ0v) is 35.1. The van der Waals surface area contributed by atoms with Crippen molar-refractivity contribution in [2.24, 2.45) is 23.7 Å². The van der Waals surface area contributed by atoms with E-state index in [1.54, 1.807) is 19.1 Å². The van der Waals surface area contributed by atoms with Gasteiger partial charge in [0.1, 0.15) is 17.1 Å². The number of likely N-dealkylation sites (tertiary alicyclic amines) is 1. The number of halogens is 2. The summed E-state index contributed by atoms with van der Waals surface area (Å²) >= 11 is 6.32. The molecule has 6 heterocycles. The SMILES string of the molecule is CO[C@@]1(CN2CCC(N3CCOCC3)CC2)C2=C[C@@H](C2)[C@H](C)[C@@H](C)S(=O)(=O)NC(=O)c2ccc3c(n2)N(C[C@@H]2CC[C@H]21)C[C@@]1(CCCc2c1ccc(Cl)c2F)CO3. The molecule has 57 heavy (non-hydrogen) atoms. The fourth-order valence-corrected chi connectivity index (χ4v) is 12.9. The maximum absolute atomic E-state index is 15.6. The molecule has 1 spiro atoms. The van der Waals surface area contributed by atoms with Crippen molar-refractivity contribution in [3.8, 4) is 5.75 Å². The molecule has 3 aliphatic carbocycles. The summed E-state index contributed by atoms with van der Waals surface area (Å²) in [5, 5.41) is -0.693. The van der Waals surface area contributed by atoms with E-state index in [1.807, 2.05) is 20.1 Å². The number of benzene rings is 1. The lowest BCUT2D eigenvalue weighted by atomic mass is 9.58. The Labute approximate surface area is 341 Å². The van der Waals surface area contributed by atoms with Crippen LogP contribution in [0.2, 0.25) is 5.02 Å². The van der Waals surface area contributed by atoms with Gasteiger partial charge in [0.2, 0.25) is 10.0 Å². The Bertz CT molecular complexity index is 2020. The van der Waals surface area contributed by atoms with Crippen LogP contribution in [0.1, 0.15) is 80.4 Å². The van der Waals surface area contributed by atoms with Crippen LogP contribution in [0.3, 0.4) is 0 Å². The highest BCUT2D eigenvalue weighted by Crippen LogP contribution is 2.54. The molecule has 2 saturated heterocycles. The first kappa shape index (κ1) is 39.6. The number of aromatic nitrogens is 1. The van der Waals surface area contributed by atoms with Crippen LogP contribution in [-0.4, -0.2) is 119 Å². The Balaban J connectivity index is 1.09. The van der Waals surface area contributed by atoms with E-state index < -0.39 is 32.2 Å². The van der Waals surface area contributed by atoms with E-state index in [0.717, 1.165) is 96.4 Å². The summed E-state index contributed by atoms with van der Waals surface area (Å²) in [6, 6.07) is 7.44. The van der Waals surface area contributed by atoms with Crippen molar-refractivity contribution in [3.63, 3.8) is 0 Å². The van der Waals surface area contributed by atoms with Gasteiger partial charge >= 0.3 is 0 Å². The summed E-state index contributed by atoms with van der Waals surface area (Å²) in [5.74, 6) is 0.183. The number of carbonyl (C=O) groups excluding carboxylic acids is 1. The molecule has 1 saturated carbocycles. The fraction of sp³-hybridized carbons (Fsp3) is 0.674. The molecule has 1 aromatic carbocycles. The van der Waals surface area contributed by atoms with Crippen molar-refractivity contribution in [1.82, 2.24) is 19.5 Å². The molecule has 7 atom stereocenters. The zero-order valence-electron chi connectivity index (χ0n) is 33.5. The summed E-state index contributed by atoms with van der Waals surface area (Å²) in [6.07, 6.45) is 9.47. The van der Waals surface area contributed by atoms with Gasteiger partial charge in [-0.2, -0.15) is 0 Å². The summed E-state index contributed by atoms with van der Waals surface area (Å²) in [4.78, 5) is 26.0. The summed E-state index contributed by atoms with van der Waals surface area (Å²) in [5.41, 5.74) is 1.74. The van der Waals surface area contributed by atoms with Gasteiger partial charge in [-0.3, -0.25) is 14.6 Å². The molecule has 1 N–H and O–H groups in total. The van der Waals surface area contributed by atoms with Gasteiger partial charge in [0.25, 0.3) is 5.91 Å². The van der Waals surface area contributed by atoms with E-state index >= 15 is 4.39 Å². The molecule has 310 valence electrons. The van der Waals surface area contributed by atoms with Gasteiger partial charge in [0.05, 0.1) is 30.1 Å². The van der Waals surface area contributed by atoms with E-state index in [4.69, 9.17) is 30.8 Å². The number of hydrogen-bond donors (Lipinski definition) is 1. The number of pyridine rings is 1. The van der Waals surface area contributed by atoms with E-state index in [1.165, 1.54) is 11.6 Å². The number of amides is 1. The van der Waals surface area contributed by atoms with Crippen molar-refractivity contribution in [3.05, 3.63) is 63.6 Å². The molecule has 0 unspecified atom stereocenters. The first-order valence-corrected chi connectivity index (χ1v) is 23.1. The highest BCUT2D eigenvalue weighted by Gasteiger charge is 2.55. The third-order valence-electron chi connectivity index (χ3n) is 15.2. The number of anilines is 1. The van der Waals surface area contributed by atoms with E-state index in [2.05, 4.69) is 25.5 Å². The topological polar surface area (TPSA) is 114 Å². The van der Waals surface area contributed by atoms with Crippen LogP contribution in [0.5, 0.6) is 5.75 Å². The quantitative estimate of drug-likeness (QED) is 0.392. The highest BCUT2D eigenvalue weighted by atomic mass is 35.5. The number of ether oxygens (including phenoxy) is 3. The van der Waals surface area contributed by atoms with Gasteiger partial charge < -0.3 is 19.1 Å². The summed E-state index contributed by atoms with van der Waals surface area (Å²) in [7, 11) is -2.17. The number of rotatable bonds is 4. The minimum atomic E-state index is -4.04. The molecule has 14 heteroatoms. The Kier molecular flexibility index (Phi) is 10.7. The molecule has 10 rings (SSSR count). The van der Waals surface area contributed by atoms with Gasteiger partial charge in [-0.25, -0.2) is 22.5 Å². The summed E-state index contributed by atoms with van der Waals surface area (Å²) in [6.45, 7) is 11.5. The number of allylic oxidation sites excluding steroid dienone is 1. The Morgan fingerprint density at radius 3 is 2.56 bits per heavy atom. The number of piperidine rings is 1. The lowest BCUT2D eigenvalue weighted by Crippen LogP contribution is -2.61. The molecule has 8 aliphatic rings. The maximum atomic E-state index is 15.6. The van der Waals surface area contributed by atoms with Crippen molar-refractivity contribution in [2.75, 3.05) is 77.6 Å². The van der Waals surface area contributed by atoms with E-state index in [9.17, 15) is 13.2 Å².